The Morgan fingerprint density at radius 1 is 1.06 bits per heavy atom. The van der Waals surface area contributed by atoms with Gasteiger partial charge in [-0.05, 0) is 35.5 Å². The molecule has 0 saturated carbocycles. The van der Waals surface area contributed by atoms with Gasteiger partial charge in [-0.15, -0.1) is 0 Å². The van der Waals surface area contributed by atoms with Crippen molar-refractivity contribution in [1.82, 2.24) is 0 Å². The maximum absolute atomic E-state index is 12.7. The standard InChI is InChI=1S/C12H16BF3O2/c1-7-5-8(12(14,15)16)6-9(11(2,3)4)10(7)13(17)18/h5-6,17-18H,1-4H3. The van der Waals surface area contributed by atoms with Gasteiger partial charge in [-0.25, -0.2) is 0 Å². The van der Waals surface area contributed by atoms with E-state index in [4.69, 9.17) is 0 Å². The summed E-state index contributed by atoms with van der Waals surface area (Å²) in [7, 11) is -1.78. The van der Waals surface area contributed by atoms with Gasteiger partial charge in [0.05, 0.1) is 5.56 Å². The highest BCUT2D eigenvalue weighted by atomic mass is 19.4. The van der Waals surface area contributed by atoms with E-state index in [1.165, 1.54) is 6.92 Å². The summed E-state index contributed by atoms with van der Waals surface area (Å²) in [5.74, 6) is 0. The molecule has 0 unspecified atom stereocenters. The zero-order valence-electron chi connectivity index (χ0n) is 10.8. The molecular formula is C12H16BF3O2. The molecule has 0 saturated heterocycles. The van der Waals surface area contributed by atoms with Crippen molar-refractivity contribution < 1.29 is 23.2 Å². The summed E-state index contributed by atoms with van der Waals surface area (Å²) >= 11 is 0. The van der Waals surface area contributed by atoms with Crippen molar-refractivity contribution in [1.29, 1.82) is 0 Å². The molecule has 0 aliphatic carbocycles. The first-order valence-electron chi connectivity index (χ1n) is 5.53. The molecule has 6 heteroatoms. The largest absolute Gasteiger partial charge is 0.488 e. The summed E-state index contributed by atoms with van der Waals surface area (Å²) in [6, 6.07) is 1.92. The van der Waals surface area contributed by atoms with Crippen LogP contribution in [0.3, 0.4) is 0 Å². The molecule has 0 heterocycles. The predicted octanol–water partition coefficient (Wildman–Crippen LogP) is 1.99. The molecule has 1 aromatic carbocycles. The van der Waals surface area contributed by atoms with Crippen LogP contribution in [0.25, 0.3) is 0 Å². The molecule has 18 heavy (non-hydrogen) atoms. The molecule has 0 aromatic heterocycles. The molecule has 0 fully saturated rings. The summed E-state index contributed by atoms with van der Waals surface area (Å²) in [4.78, 5) is 0. The highest BCUT2D eigenvalue weighted by molar-refractivity contribution is 6.59. The lowest BCUT2D eigenvalue weighted by Crippen LogP contribution is -2.39. The Morgan fingerprint density at radius 3 is 1.89 bits per heavy atom. The van der Waals surface area contributed by atoms with Gasteiger partial charge >= 0.3 is 13.3 Å². The van der Waals surface area contributed by atoms with E-state index in [1.807, 2.05) is 0 Å². The van der Waals surface area contributed by atoms with Gasteiger partial charge in [0.25, 0.3) is 0 Å². The van der Waals surface area contributed by atoms with Crippen LogP contribution >= 0.6 is 0 Å². The Hall–Kier alpha value is -1.01. The molecule has 0 amide bonds. The van der Waals surface area contributed by atoms with Crippen LogP contribution < -0.4 is 5.46 Å². The van der Waals surface area contributed by atoms with E-state index in [-0.39, 0.29) is 11.0 Å². The van der Waals surface area contributed by atoms with Crippen molar-refractivity contribution >= 4 is 12.6 Å². The third-order valence-electron chi connectivity index (χ3n) is 2.78. The topological polar surface area (TPSA) is 40.5 Å². The SMILES string of the molecule is Cc1cc(C(F)(F)F)cc(C(C)(C)C)c1B(O)O. The van der Waals surface area contributed by atoms with Gasteiger partial charge in [0, 0.05) is 0 Å². The number of aryl methyl sites for hydroxylation is 1. The van der Waals surface area contributed by atoms with E-state index < -0.39 is 24.3 Å². The molecule has 0 spiro atoms. The molecule has 1 rings (SSSR count). The molecule has 0 aliphatic rings. The smallest absolute Gasteiger partial charge is 0.423 e. The van der Waals surface area contributed by atoms with Gasteiger partial charge in [0.1, 0.15) is 0 Å². The van der Waals surface area contributed by atoms with Gasteiger partial charge in [-0.1, -0.05) is 26.3 Å². The number of benzene rings is 1. The van der Waals surface area contributed by atoms with E-state index in [9.17, 15) is 23.2 Å². The van der Waals surface area contributed by atoms with Crippen LogP contribution in [0.5, 0.6) is 0 Å². The summed E-state index contributed by atoms with van der Waals surface area (Å²) in [5.41, 5.74) is -0.704. The van der Waals surface area contributed by atoms with Crippen LogP contribution in [-0.2, 0) is 11.6 Å². The van der Waals surface area contributed by atoms with E-state index in [0.717, 1.165) is 12.1 Å². The Balaban J connectivity index is 3.58. The maximum atomic E-state index is 12.7. The molecule has 0 aliphatic heterocycles. The van der Waals surface area contributed by atoms with Gasteiger partial charge < -0.3 is 10.0 Å². The van der Waals surface area contributed by atoms with Crippen LogP contribution in [0.1, 0.15) is 37.5 Å². The average molecular weight is 260 g/mol. The Kier molecular flexibility index (Phi) is 3.84. The van der Waals surface area contributed by atoms with Crippen molar-refractivity contribution in [2.24, 2.45) is 0 Å². The van der Waals surface area contributed by atoms with Crippen LogP contribution in [0, 0.1) is 6.92 Å². The first-order chi connectivity index (χ1) is 7.94. The number of rotatable bonds is 1. The predicted molar refractivity (Wildman–Crippen MR) is 64.7 cm³/mol. The second-order valence-corrected chi connectivity index (χ2v) is 5.38. The monoisotopic (exact) mass is 260 g/mol. The summed E-state index contributed by atoms with van der Waals surface area (Å²) in [6.07, 6.45) is -4.44. The van der Waals surface area contributed by atoms with Crippen molar-refractivity contribution in [2.75, 3.05) is 0 Å². The van der Waals surface area contributed by atoms with Crippen molar-refractivity contribution in [3.05, 3.63) is 28.8 Å². The fourth-order valence-electron chi connectivity index (χ4n) is 1.93. The number of hydrogen-bond donors (Lipinski definition) is 2. The van der Waals surface area contributed by atoms with E-state index in [0.29, 0.717) is 5.56 Å². The highest BCUT2D eigenvalue weighted by Crippen LogP contribution is 2.33. The fraction of sp³-hybridized carbons (Fsp3) is 0.500. The Labute approximate surface area is 105 Å². The van der Waals surface area contributed by atoms with Crippen LogP contribution in [0.2, 0.25) is 0 Å². The first kappa shape index (κ1) is 15.1. The first-order valence-corrected chi connectivity index (χ1v) is 5.53. The maximum Gasteiger partial charge on any atom is 0.488 e. The number of alkyl halides is 3. The molecule has 0 atom stereocenters. The number of hydrogen-bond acceptors (Lipinski definition) is 2. The number of halogens is 3. The second-order valence-electron chi connectivity index (χ2n) is 5.38. The molecule has 0 radical (unpaired) electrons. The lowest BCUT2D eigenvalue weighted by atomic mass is 9.67. The summed E-state index contributed by atoms with van der Waals surface area (Å²) in [5, 5.41) is 18.6. The second kappa shape index (κ2) is 4.59. The third kappa shape index (κ3) is 3.06. The fourth-order valence-corrected chi connectivity index (χ4v) is 1.93. The quantitative estimate of drug-likeness (QED) is 0.758. The summed E-state index contributed by atoms with van der Waals surface area (Å²) in [6.45, 7) is 6.63. The zero-order valence-corrected chi connectivity index (χ0v) is 10.8. The third-order valence-corrected chi connectivity index (χ3v) is 2.78. The Morgan fingerprint density at radius 2 is 1.56 bits per heavy atom. The van der Waals surface area contributed by atoms with E-state index in [1.54, 1.807) is 20.8 Å². The minimum Gasteiger partial charge on any atom is -0.423 e. The van der Waals surface area contributed by atoms with Crippen LogP contribution in [-0.4, -0.2) is 17.2 Å². The lowest BCUT2D eigenvalue weighted by Gasteiger charge is -2.26. The minimum atomic E-state index is -4.44. The molecule has 100 valence electrons. The highest BCUT2D eigenvalue weighted by Gasteiger charge is 2.35. The van der Waals surface area contributed by atoms with Crippen molar-refractivity contribution in [3.63, 3.8) is 0 Å². The Bertz CT molecular complexity index is 448. The molecule has 0 bridgehead atoms. The molecular weight excluding hydrogens is 244 g/mol. The van der Waals surface area contributed by atoms with Crippen LogP contribution in [0.15, 0.2) is 12.1 Å². The van der Waals surface area contributed by atoms with Gasteiger partial charge in [0.2, 0.25) is 0 Å². The molecule has 2 N–H and O–H groups in total. The zero-order chi connectivity index (χ0) is 14.3. The normalized spacial score (nSPS) is 12.7. The lowest BCUT2D eigenvalue weighted by molar-refractivity contribution is -0.137. The summed E-state index contributed by atoms with van der Waals surface area (Å²) < 4.78 is 38.2. The van der Waals surface area contributed by atoms with Crippen molar-refractivity contribution in [3.8, 4) is 0 Å². The van der Waals surface area contributed by atoms with Gasteiger partial charge in [-0.3, -0.25) is 0 Å². The van der Waals surface area contributed by atoms with E-state index in [2.05, 4.69) is 0 Å². The van der Waals surface area contributed by atoms with Gasteiger partial charge in [-0.2, -0.15) is 13.2 Å². The van der Waals surface area contributed by atoms with Crippen LogP contribution in [0.4, 0.5) is 13.2 Å². The average Bonchev–Trinajstić information content (AvgIpc) is 2.12. The van der Waals surface area contributed by atoms with Gasteiger partial charge in [0.15, 0.2) is 0 Å². The molecule has 2 nitrogen and oxygen atoms in total. The molecule has 1 aromatic rings. The van der Waals surface area contributed by atoms with Crippen molar-refractivity contribution in [2.45, 2.75) is 39.3 Å². The minimum absolute atomic E-state index is 0.149. The van der Waals surface area contributed by atoms with E-state index >= 15 is 0 Å².